The van der Waals surface area contributed by atoms with Gasteiger partial charge in [-0.3, -0.25) is 4.57 Å². The van der Waals surface area contributed by atoms with Crippen LogP contribution in [-0.4, -0.2) is 35.6 Å². The van der Waals surface area contributed by atoms with Gasteiger partial charge in [0, 0.05) is 19.7 Å². The van der Waals surface area contributed by atoms with E-state index in [0.717, 1.165) is 0 Å². The zero-order valence-electron chi connectivity index (χ0n) is 7.99. The number of hydrogen-bond donors (Lipinski definition) is 1. The maximum Gasteiger partial charge on any atom is 0.295 e. The van der Waals surface area contributed by atoms with Crippen molar-refractivity contribution in [2.45, 2.75) is 20.8 Å². The van der Waals surface area contributed by atoms with E-state index in [0.29, 0.717) is 19.7 Å². The predicted molar refractivity (Wildman–Crippen MR) is 49.2 cm³/mol. The van der Waals surface area contributed by atoms with Gasteiger partial charge in [0.05, 0.1) is 0 Å². The van der Waals surface area contributed by atoms with Crippen molar-refractivity contribution >= 4 is 7.52 Å². The number of nitrogens with zero attached hydrogens (tertiary/aromatic N) is 1. The van der Waals surface area contributed by atoms with Crippen molar-refractivity contribution in [3.8, 4) is 0 Å². The highest BCUT2D eigenvalue weighted by atomic mass is 31.2. The Balaban J connectivity index is 4.06. The van der Waals surface area contributed by atoms with Gasteiger partial charge < -0.3 is 9.63 Å². The summed E-state index contributed by atoms with van der Waals surface area (Å²) in [6.45, 7) is 7.17. The molecular formula is C7H18NO3P. The second-order valence-electron chi connectivity index (χ2n) is 2.43. The van der Waals surface area contributed by atoms with Crippen LogP contribution in [0.5, 0.6) is 0 Å². The predicted octanol–water partition coefficient (Wildman–Crippen LogP) is 1.51. The fraction of sp³-hybridized carbons (Fsp3) is 1.00. The molecule has 0 aromatic rings. The summed E-state index contributed by atoms with van der Waals surface area (Å²) in [5.74, 6) is 0. The Hall–Kier alpha value is 0.110. The first-order valence-electron chi connectivity index (χ1n) is 4.23. The third-order valence-electron chi connectivity index (χ3n) is 1.64. The molecule has 0 aromatic carbocycles. The van der Waals surface area contributed by atoms with Crippen LogP contribution in [0, 0.1) is 0 Å². The van der Waals surface area contributed by atoms with Gasteiger partial charge in [-0.15, -0.1) is 0 Å². The molecule has 74 valence electrons. The second kappa shape index (κ2) is 5.70. The van der Waals surface area contributed by atoms with Crippen LogP contribution in [0.3, 0.4) is 0 Å². The Bertz CT molecular complexity index is 159. The molecule has 0 radical (unpaired) electrons. The molecule has 0 aliphatic heterocycles. The van der Waals surface area contributed by atoms with Crippen LogP contribution < -0.4 is 0 Å². The number of ether oxygens (including phenoxy) is 1. The lowest BCUT2D eigenvalue weighted by Crippen LogP contribution is -2.21. The summed E-state index contributed by atoms with van der Waals surface area (Å²) < 4.78 is 18.0. The molecule has 0 aliphatic rings. The Morgan fingerprint density at radius 2 is 1.83 bits per heavy atom. The Morgan fingerprint density at radius 1 is 1.33 bits per heavy atom. The summed E-state index contributed by atoms with van der Waals surface area (Å²) >= 11 is 0. The second-order valence-corrected chi connectivity index (χ2v) is 4.58. The van der Waals surface area contributed by atoms with Crippen molar-refractivity contribution < 1.29 is 14.2 Å². The lowest BCUT2D eigenvalue weighted by Gasteiger charge is -2.23. The molecule has 0 heterocycles. The molecule has 0 rings (SSSR count). The van der Waals surface area contributed by atoms with Gasteiger partial charge in [0.15, 0.2) is 0 Å². The normalized spacial score (nSPS) is 16.4. The quantitative estimate of drug-likeness (QED) is 0.652. The van der Waals surface area contributed by atoms with E-state index in [1.54, 1.807) is 0 Å². The summed E-state index contributed by atoms with van der Waals surface area (Å²) in [5, 5.41) is 0. The van der Waals surface area contributed by atoms with Gasteiger partial charge in [0.2, 0.25) is 0 Å². The van der Waals surface area contributed by atoms with E-state index in [1.165, 1.54) is 4.67 Å². The third kappa shape index (κ3) is 3.68. The zero-order chi connectivity index (χ0) is 9.61. The summed E-state index contributed by atoms with van der Waals surface area (Å²) in [7, 11) is -3.21. The Kier molecular flexibility index (Phi) is 5.76. The van der Waals surface area contributed by atoms with Crippen LogP contribution in [0.15, 0.2) is 0 Å². The van der Waals surface area contributed by atoms with Crippen LogP contribution >= 0.6 is 7.52 Å². The van der Waals surface area contributed by atoms with E-state index in [9.17, 15) is 9.46 Å². The lowest BCUT2D eigenvalue weighted by molar-refractivity contribution is 0.173. The highest BCUT2D eigenvalue weighted by Crippen LogP contribution is 2.44. The lowest BCUT2D eigenvalue weighted by atomic mass is 10.7. The molecule has 1 N–H and O–H groups in total. The van der Waals surface area contributed by atoms with Crippen molar-refractivity contribution in [2.75, 3.05) is 26.0 Å². The van der Waals surface area contributed by atoms with E-state index in [-0.39, 0.29) is 6.35 Å². The molecule has 1 atom stereocenters. The molecule has 0 amide bonds. The van der Waals surface area contributed by atoms with Crippen molar-refractivity contribution in [1.29, 1.82) is 0 Å². The molecule has 1 unspecified atom stereocenters. The van der Waals surface area contributed by atoms with E-state index >= 15 is 0 Å². The maximum atomic E-state index is 11.5. The van der Waals surface area contributed by atoms with Crippen molar-refractivity contribution in [1.82, 2.24) is 4.67 Å². The Morgan fingerprint density at radius 3 is 2.17 bits per heavy atom. The molecule has 0 bridgehead atoms. The van der Waals surface area contributed by atoms with Gasteiger partial charge in [0.1, 0.15) is 6.35 Å². The molecule has 0 fully saturated rings. The highest BCUT2D eigenvalue weighted by Gasteiger charge is 2.24. The summed E-state index contributed by atoms with van der Waals surface area (Å²) in [6.07, 6.45) is -0.0643. The van der Waals surface area contributed by atoms with E-state index in [1.807, 2.05) is 20.8 Å². The van der Waals surface area contributed by atoms with Crippen molar-refractivity contribution in [2.24, 2.45) is 0 Å². The highest BCUT2D eigenvalue weighted by molar-refractivity contribution is 7.55. The van der Waals surface area contributed by atoms with Gasteiger partial charge >= 0.3 is 0 Å². The first-order chi connectivity index (χ1) is 5.58. The van der Waals surface area contributed by atoms with Crippen LogP contribution in [-0.2, 0) is 9.30 Å². The zero-order valence-corrected chi connectivity index (χ0v) is 8.88. The first-order valence-corrected chi connectivity index (χ1v) is 6.03. The van der Waals surface area contributed by atoms with Gasteiger partial charge in [0.25, 0.3) is 7.52 Å². The minimum atomic E-state index is -3.21. The SMILES string of the molecule is CCOCP(=O)(O)N(CC)CC. The fourth-order valence-corrected chi connectivity index (χ4v) is 2.43. The Labute approximate surface area is 74.0 Å². The van der Waals surface area contributed by atoms with Crippen molar-refractivity contribution in [3.63, 3.8) is 0 Å². The summed E-state index contributed by atoms with van der Waals surface area (Å²) in [6, 6.07) is 0. The van der Waals surface area contributed by atoms with Crippen LogP contribution in [0.4, 0.5) is 0 Å². The number of rotatable bonds is 6. The largest absolute Gasteiger partial charge is 0.370 e. The average molecular weight is 195 g/mol. The van der Waals surface area contributed by atoms with Crippen molar-refractivity contribution in [3.05, 3.63) is 0 Å². The molecule has 0 aromatic heterocycles. The van der Waals surface area contributed by atoms with Gasteiger partial charge in [-0.2, -0.15) is 0 Å². The fourth-order valence-electron chi connectivity index (χ4n) is 0.957. The van der Waals surface area contributed by atoms with E-state index < -0.39 is 7.52 Å². The van der Waals surface area contributed by atoms with E-state index in [4.69, 9.17) is 4.74 Å². The first kappa shape index (κ1) is 12.1. The van der Waals surface area contributed by atoms with Crippen LogP contribution in [0.25, 0.3) is 0 Å². The molecule has 5 heteroatoms. The standard InChI is InChI=1S/C7H18NO3P/c1-4-8(5-2)12(9,10)7-11-6-3/h4-7H2,1-3H3,(H,9,10). The average Bonchev–Trinajstić information content (AvgIpc) is 2.03. The topological polar surface area (TPSA) is 49.8 Å². The van der Waals surface area contributed by atoms with Gasteiger partial charge in [-0.1, -0.05) is 13.8 Å². The van der Waals surface area contributed by atoms with Gasteiger partial charge in [-0.25, -0.2) is 4.67 Å². The van der Waals surface area contributed by atoms with Crippen LogP contribution in [0.2, 0.25) is 0 Å². The minimum Gasteiger partial charge on any atom is -0.370 e. The molecule has 0 saturated heterocycles. The minimum absolute atomic E-state index is 0.0643. The maximum absolute atomic E-state index is 11.5. The molecule has 4 nitrogen and oxygen atoms in total. The molecule has 0 spiro atoms. The molecule has 0 saturated carbocycles. The number of hydrogen-bond acceptors (Lipinski definition) is 2. The van der Waals surface area contributed by atoms with Crippen LogP contribution in [0.1, 0.15) is 20.8 Å². The monoisotopic (exact) mass is 195 g/mol. The third-order valence-corrected chi connectivity index (χ3v) is 3.60. The summed E-state index contributed by atoms with van der Waals surface area (Å²) in [5.41, 5.74) is 0. The smallest absolute Gasteiger partial charge is 0.295 e. The van der Waals surface area contributed by atoms with Gasteiger partial charge in [-0.05, 0) is 6.92 Å². The van der Waals surface area contributed by atoms with E-state index in [2.05, 4.69) is 0 Å². The molecule has 12 heavy (non-hydrogen) atoms. The summed E-state index contributed by atoms with van der Waals surface area (Å²) in [4.78, 5) is 9.46. The molecular weight excluding hydrogens is 177 g/mol. The molecule has 0 aliphatic carbocycles.